The predicted molar refractivity (Wildman–Crippen MR) is 134 cm³/mol. The average Bonchev–Trinajstić information content (AvgIpc) is 2.81. The van der Waals surface area contributed by atoms with Gasteiger partial charge in [-0.3, -0.25) is 0 Å². The van der Waals surface area contributed by atoms with Crippen molar-refractivity contribution < 1.29 is 17.6 Å². The van der Waals surface area contributed by atoms with Crippen LogP contribution in [-0.2, 0) is 12.7 Å². The molecule has 0 bridgehead atoms. The molecule has 2 N–H and O–H groups in total. The summed E-state index contributed by atoms with van der Waals surface area (Å²) >= 11 is 5.68. The highest BCUT2D eigenvalue weighted by atomic mass is 35.5. The summed E-state index contributed by atoms with van der Waals surface area (Å²) in [6, 6.07) is 11.9. The van der Waals surface area contributed by atoms with Crippen molar-refractivity contribution in [1.29, 1.82) is 0 Å². The number of halogens is 5. The molecule has 0 radical (unpaired) electrons. The molecule has 0 aliphatic heterocycles. The third kappa shape index (κ3) is 6.16. The Balaban J connectivity index is 1.31. The van der Waals surface area contributed by atoms with Gasteiger partial charge in [-0.15, -0.1) is 0 Å². The van der Waals surface area contributed by atoms with Crippen LogP contribution in [-0.4, -0.2) is 31.7 Å². The van der Waals surface area contributed by atoms with E-state index in [0.29, 0.717) is 24.6 Å². The van der Waals surface area contributed by atoms with Crippen LogP contribution < -0.4 is 15.5 Å². The van der Waals surface area contributed by atoms with Crippen LogP contribution in [0.15, 0.2) is 42.5 Å². The van der Waals surface area contributed by atoms with Gasteiger partial charge in [-0.05, 0) is 56.3 Å². The zero-order chi connectivity index (χ0) is 25.2. The Labute approximate surface area is 207 Å². The van der Waals surface area contributed by atoms with Crippen molar-refractivity contribution in [3.05, 3.63) is 64.4 Å². The van der Waals surface area contributed by atoms with Crippen molar-refractivity contribution in [2.75, 3.05) is 30.9 Å². The maximum Gasteiger partial charge on any atom is 0.416 e. The van der Waals surface area contributed by atoms with Crippen LogP contribution in [0.5, 0.6) is 0 Å². The third-order valence-corrected chi connectivity index (χ3v) is 6.83. The summed E-state index contributed by atoms with van der Waals surface area (Å²) in [5.41, 5.74) is 1.05. The molecule has 0 unspecified atom stereocenters. The largest absolute Gasteiger partial charge is 0.416 e. The summed E-state index contributed by atoms with van der Waals surface area (Å²) < 4.78 is 53.2. The van der Waals surface area contributed by atoms with Crippen molar-refractivity contribution in [1.82, 2.24) is 10.3 Å². The van der Waals surface area contributed by atoms with E-state index in [1.165, 1.54) is 0 Å². The first-order chi connectivity index (χ1) is 16.6. The second-order valence-corrected chi connectivity index (χ2v) is 9.77. The molecule has 1 heterocycles. The van der Waals surface area contributed by atoms with E-state index in [4.69, 9.17) is 16.6 Å². The van der Waals surface area contributed by atoms with Gasteiger partial charge >= 0.3 is 6.18 Å². The van der Waals surface area contributed by atoms with Gasteiger partial charge in [-0.1, -0.05) is 29.8 Å². The molecule has 9 heteroatoms. The van der Waals surface area contributed by atoms with Gasteiger partial charge in [0.2, 0.25) is 0 Å². The Morgan fingerprint density at radius 1 is 1.06 bits per heavy atom. The van der Waals surface area contributed by atoms with Crippen LogP contribution in [0.25, 0.3) is 10.9 Å². The van der Waals surface area contributed by atoms with E-state index in [1.54, 1.807) is 0 Å². The van der Waals surface area contributed by atoms with Crippen molar-refractivity contribution in [3.8, 4) is 0 Å². The number of pyridine rings is 1. The minimum absolute atomic E-state index is 0.00196. The second-order valence-electron chi connectivity index (χ2n) is 9.36. The van der Waals surface area contributed by atoms with Crippen LogP contribution in [0.1, 0.15) is 36.8 Å². The van der Waals surface area contributed by atoms with E-state index in [1.807, 2.05) is 32.3 Å². The number of para-hydroxylation sites is 1. The minimum Gasteiger partial charge on any atom is -0.377 e. The van der Waals surface area contributed by atoms with Gasteiger partial charge in [0.15, 0.2) is 0 Å². The zero-order valence-electron chi connectivity index (χ0n) is 19.7. The van der Waals surface area contributed by atoms with Gasteiger partial charge in [-0.2, -0.15) is 13.2 Å². The number of fused-ring (bicyclic) bond motifs is 1. The number of alkyl halides is 3. The molecular weight excluding hydrogens is 480 g/mol. The summed E-state index contributed by atoms with van der Waals surface area (Å²) in [6.07, 6.45) is -0.719. The van der Waals surface area contributed by atoms with E-state index >= 15 is 0 Å². The van der Waals surface area contributed by atoms with E-state index in [0.717, 1.165) is 54.2 Å². The number of anilines is 2. The lowest BCUT2D eigenvalue weighted by molar-refractivity contribution is -0.137. The normalized spacial score (nSPS) is 18.6. The molecule has 1 aliphatic rings. The fraction of sp³-hybridized carbons (Fsp3) is 0.423. The summed E-state index contributed by atoms with van der Waals surface area (Å²) in [5, 5.41) is 7.29. The van der Waals surface area contributed by atoms with Crippen LogP contribution in [0.3, 0.4) is 0 Å². The van der Waals surface area contributed by atoms with Crippen molar-refractivity contribution in [2.45, 2.75) is 44.4 Å². The highest BCUT2D eigenvalue weighted by Crippen LogP contribution is 2.34. The number of nitrogens with one attached hydrogen (secondary N) is 2. The Morgan fingerprint density at radius 2 is 1.77 bits per heavy atom. The Morgan fingerprint density at radius 3 is 2.46 bits per heavy atom. The maximum absolute atomic E-state index is 14.2. The fourth-order valence-corrected chi connectivity index (χ4v) is 4.91. The number of aromatic nitrogens is 1. The van der Waals surface area contributed by atoms with Gasteiger partial charge in [0.25, 0.3) is 0 Å². The molecule has 2 aromatic carbocycles. The first-order valence-electron chi connectivity index (χ1n) is 11.7. The molecule has 0 atom stereocenters. The summed E-state index contributed by atoms with van der Waals surface area (Å²) in [7, 11) is 4.03. The predicted octanol–water partition coefficient (Wildman–Crippen LogP) is 6.87. The molecule has 1 aliphatic carbocycles. The SMILES string of the molecule is CN(C)c1cc(N[C@H]2CC[C@@H](CNCc3cc(C(F)(F)F)cc(Cl)c3F)CC2)nc2ccccc12. The molecule has 1 saturated carbocycles. The lowest BCUT2D eigenvalue weighted by Gasteiger charge is -2.30. The van der Waals surface area contributed by atoms with Crippen molar-refractivity contribution in [3.63, 3.8) is 0 Å². The van der Waals surface area contributed by atoms with Gasteiger partial charge in [-0.25, -0.2) is 9.37 Å². The first-order valence-corrected chi connectivity index (χ1v) is 12.1. The second kappa shape index (κ2) is 10.6. The molecule has 0 saturated heterocycles. The van der Waals surface area contributed by atoms with Gasteiger partial charge in [0.1, 0.15) is 11.6 Å². The molecule has 1 fully saturated rings. The molecule has 188 valence electrons. The summed E-state index contributed by atoms with van der Waals surface area (Å²) in [4.78, 5) is 6.86. The van der Waals surface area contributed by atoms with Gasteiger partial charge < -0.3 is 15.5 Å². The number of hydrogen-bond acceptors (Lipinski definition) is 4. The number of nitrogens with zero attached hydrogens (tertiary/aromatic N) is 2. The van der Waals surface area contributed by atoms with Crippen molar-refractivity contribution >= 4 is 34.0 Å². The Kier molecular flexibility index (Phi) is 7.71. The maximum atomic E-state index is 14.2. The average molecular weight is 509 g/mol. The molecule has 4 rings (SSSR count). The number of benzene rings is 2. The van der Waals surface area contributed by atoms with Crippen LogP contribution in [0.4, 0.5) is 29.1 Å². The van der Waals surface area contributed by atoms with Crippen LogP contribution in [0.2, 0.25) is 5.02 Å². The molecule has 35 heavy (non-hydrogen) atoms. The highest BCUT2D eigenvalue weighted by molar-refractivity contribution is 6.30. The minimum atomic E-state index is -4.56. The monoisotopic (exact) mass is 508 g/mol. The smallest absolute Gasteiger partial charge is 0.377 e. The van der Waals surface area contributed by atoms with E-state index < -0.39 is 22.6 Å². The quantitative estimate of drug-likeness (QED) is 0.341. The zero-order valence-corrected chi connectivity index (χ0v) is 20.5. The van der Waals surface area contributed by atoms with Crippen LogP contribution >= 0.6 is 11.6 Å². The summed E-state index contributed by atoms with van der Waals surface area (Å²) in [5.74, 6) is 0.421. The topological polar surface area (TPSA) is 40.2 Å². The lowest BCUT2D eigenvalue weighted by Crippen LogP contribution is -2.31. The first kappa shape index (κ1) is 25.5. The number of rotatable bonds is 7. The van der Waals surface area contributed by atoms with Crippen LogP contribution in [0, 0.1) is 11.7 Å². The van der Waals surface area contributed by atoms with E-state index in [2.05, 4.69) is 27.7 Å². The molecule has 3 aromatic rings. The molecular formula is C26H29ClF4N4. The summed E-state index contributed by atoms with van der Waals surface area (Å²) in [6.45, 7) is 0.612. The Hall–Kier alpha value is -2.58. The van der Waals surface area contributed by atoms with Gasteiger partial charge in [0.05, 0.1) is 16.1 Å². The molecule has 0 spiro atoms. The fourth-order valence-electron chi connectivity index (χ4n) is 4.67. The third-order valence-electron chi connectivity index (χ3n) is 6.55. The number of hydrogen-bond donors (Lipinski definition) is 2. The highest BCUT2D eigenvalue weighted by Gasteiger charge is 2.32. The molecule has 4 nitrogen and oxygen atoms in total. The lowest BCUT2D eigenvalue weighted by atomic mass is 9.86. The van der Waals surface area contributed by atoms with Gasteiger partial charge in [0, 0.05) is 49.4 Å². The van der Waals surface area contributed by atoms with E-state index in [-0.39, 0.29) is 12.1 Å². The molecule has 1 aromatic heterocycles. The molecule has 0 amide bonds. The van der Waals surface area contributed by atoms with E-state index in [9.17, 15) is 17.6 Å². The standard InChI is InChI=1S/C26H29ClF4N4/c1-35(2)23-13-24(34-22-6-4-3-5-20(22)23)33-19-9-7-16(8-10-19)14-32-15-17-11-18(26(29,30)31)12-21(27)25(17)28/h3-6,11-13,16,19,32H,7-10,14-15H2,1-2H3,(H,33,34)/t16-,19+. The Bertz CT molecular complexity index is 1170. The van der Waals surface area contributed by atoms with Crippen molar-refractivity contribution in [2.24, 2.45) is 5.92 Å².